The topological polar surface area (TPSA) is 61.9 Å². The number of benzene rings is 3. The highest BCUT2D eigenvalue weighted by atomic mass is 19.2. The summed E-state index contributed by atoms with van der Waals surface area (Å²) in [7, 11) is 1.81. The maximum Gasteiger partial charge on any atom is 0.251 e. The molecule has 1 unspecified atom stereocenters. The Bertz CT molecular complexity index is 1480. The molecule has 6 nitrogen and oxygen atoms in total. The quantitative estimate of drug-likeness (QED) is 0.372. The van der Waals surface area contributed by atoms with Crippen LogP contribution >= 0.6 is 0 Å². The van der Waals surface area contributed by atoms with E-state index in [1.165, 1.54) is 0 Å². The van der Waals surface area contributed by atoms with Gasteiger partial charge in [-0.15, -0.1) is 0 Å². The molecule has 42 heavy (non-hydrogen) atoms. The van der Waals surface area contributed by atoms with E-state index in [4.69, 9.17) is 4.74 Å². The van der Waals surface area contributed by atoms with Crippen molar-refractivity contribution in [1.29, 1.82) is 0 Å². The highest BCUT2D eigenvalue weighted by Gasteiger charge is 2.39. The summed E-state index contributed by atoms with van der Waals surface area (Å²) in [6.45, 7) is 3.06. The molecular weight excluding hydrogens is 543 g/mol. The molecule has 2 heterocycles. The van der Waals surface area contributed by atoms with Crippen molar-refractivity contribution in [3.63, 3.8) is 0 Å². The van der Waals surface area contributed by atoms with Gasteiger partial charge in [0.15, 0.2) is 17.4 Å². The number of carbonyl (C=O) groups is 2. The number of hydrogen-bond donors (Lipinski definition) is 1. The Morgan fingerprint density at radius 3 is 2.33 bits per heavy atom. The van der Waals surface area contributed by atoms with Crippen molar-refractivity contribution < 1.29 is 27.5 Å². The molecular formula is C33H34F3N3O3. The van der Waals surface area contributed by atoms with Gasteiger partial charge in [-0.2, -0.15) is 4.39 Å². The van der Waals surface area contributed by atoms with Crippen LogP contribution < -0.4 is 10.1 Å². The largest absolute Gasteiger partial charge is 0.487 e. The van der Waals surface area contributed by atoms with E-state index in [1.54, 1.807) is 23.8 Å². The molecule has 2 aliphatic heterocycles. The highest BCUT2D eigenvalue weighted by molar-refractivity contribution is 6.03. The van der Waals surface area contributed by atoms with Gasteiger partial charge in [0.2, 0.25) is 11.7 Å². The molecule has 2 bridgehead atoms. The third-order valence-electron chi connectivity index (χ3n) is 7.95. The van der Waals surface area contributed by atoms with Crippen molar-refractivity contribution in [2.24, 2.45) is 0 Å². The SMILES string of the molecule is CC(=O)N1CC2CC(c3ccc(CCOc4c(F)ccc(F)c4F)cc3)=C(C(=O)N(C)CCc3ccccc3)[C@@H](C1)N2. The molecule has 3 aromatic rings. The number of rotatable bonds is 9. The number of nitrogens with zero attached hydrogens (tertiary/aromatic N) is 2. The highest BCUT2D eigenvalue weighted by Crippen LogP contribution is 2.34. The lowest BCUT2D eigenvalue weighted by Crippen LogP contribution is -2.61. The van der Waals surface area contributed by atoms with Crippen LogP contribution in [0.4, 0.5) is 13.2 Å². The number of fused-ring (bicyclic) bond motifs is 2. The average Bonchev–Trinajstić information content (AvgIpc) is 2.99. The van der Waals surface area contributed by atoms with Crippen molar-refractivity contribution in [3.05, 3.63) is 106 Å². The molecule has 0 aliphatic carbocycles. The second-order valence-electron chi connectivity index (χ2n) is 10.9. The predicted octanol–water partition coefficient (Wildman–Crippen LogP) is 4.77. The Morgan fingerprint density at radius 1 is 0.929 bits per heavy atom. The predicted molar refractivity (Wildman–Crippen MR) is 154 cm³/mol. The molecule has 1 fully saturated rings. The first-order chi connectivity index (χ1) is 20.2. The molecule has 0 aromatic heterocycles. The number of ether oxygens (including phenoxy) is 1. The zero-order valence-electron chi connectivity index (χ0n) is 23.7. The zero-order chi connectivity index (χ0) is 29.8. The van der Waals surface area contributed by atoms with E-state index in [-0.39, 0.29) is 30.5 Å². The van der Waals surface area contributed by atoms with Gasteiger partial charge in [-0.25, -0.2) is 8.78 Å². The average molecular weight is 578 g/mol. The summed E-state index contributed by atoms with van der Waals surface area (Å²) in [5, 5.41) is 3.56. The molecule has 2 atom stereocenters. The van der Waals surface area contributed by atoms with Crippen LogP contribution in [0.2, 0.25) is 0 Å². The molecule has 1 N–H and O–H groups in total. The molecule has 2 aliphatic rings. The lowest BCUT2D eigenvalue weighted by atomic mass is 9.82. The molecule has 0 saturated carbocycles. The summed E-state index contributed by atoms with van der Waals surface area (Å²) >= 11 is 0. The Kier molecular flexibility index (Phi) is 8.97. The van der Waals surface area contributed by atoms with Gasteiger partial charge in [0, 0.05) is 51.6 Å². The van der Waals surface area contributed by atoms with Crippen LogP contribution in [0.25, 0.3) is 5.57 Å². The van der Waals surface area contributed by atoms with Crippen LogP contribution in [0, 0.1) is 17.5 Å². The number of piperazine rings is 1. The van der Waals surface area contributed by atoms with Crippen LogP contribution in [-0.4, -0.2) is 67.0 Å². The molecule has 0 spiro atoms. The summed E-state index contributed by atoms with van der Waals surface area (Å²) in [6.07, 6.45) is 1.67. The molecule has 9 heteroatoms. The summed E-state index contributed by atoms with van der Waals surface area (Å²) in [4.78, 5) is 29.7. The number of carbonyl (C=O) groups excluding carboxylic acids is 2. The van der Waals surface area contributed by atoms with Crippen LogP contribution in [-0.2, 0) is 22.4 Å². The summed E-state index contributed by atoms with van der Waals surface area (Å²) < 4.78 is 46.5. The minimum absolute atomic E-state index is 0.0104. The van der Waals surface area contributed by atoms with Gasteiger partial charge in [0.05, 0.1) is 12.6 Å². The zero-order valence-corrected chi connectivity index (χ0v) is 23.7. The third kappa shape index (κ3) is 6.51. The Labute approximate surface area is 243 Å². The van der Waals surface area contributed by atoms with Gasteiger partial charge in [0.25, 0.3) is 5.91 Å². The standard InChI is InChI=1S/C33H34F3N3O3/c1-21(40)39-19-25-18-26(30(29(20-39)37-25)33(41)38(2)16-14-22-6-4-3-5-7-22)24-10-8-23(9-11-24)15-17-42-32-28(35)13-12-27(34)31(32)36/h3-13,25,29,37H,14-20H2,1-2H3/t25?,29-/m1/s1. The van der Waals surface area contributed by atoms with Crippen molar-refractivity contribution in [3.8, 4) is 5.75 Å². The number of hydrogen-bond acceptors (Lipinski definition) is 4. The molecule has 2 amide bonds. The second-order valence-corrected chi connectivity index (χ2v) is 10.9. The summed E-state index contributed by atoms with van der Waals surface area (Å²) in [5.41, 5.74) is 4.54. The minimum atomic E-state index is -1.34. The molecule has 5 rings (SSSR count). The van der Waals surface area contributed by atoms with Crippen molar-refractivity contribution >= 4 is 17.4 Å². The third-order valence-corrected chi connectivity index (χ3v) is 7.95. The Hall–Kier alpha value is -4.11. The van der Waals surface area contributed by atoms with Gasteiger partial charge in [-0.3, -0.25) is 9.59 Å². The first-order valence-electron chi connectivity index (χ1n) is 14.1. The number of nitrogens with one attached hydrogen (secondary N) is 1. The minimum Gasteiger partial charge on any atom is -0.487 e. The van der Waals surface area contributed by atoms with Crippen LogP contribution in [0.5, 0.6) is 5.75 Å². The lowest BCUT2D eigenvalue weighted by molar-refractivity contribution is -0.132. The lowest BCUT2D eigenvalue weighted by Gasteiger charge is -2.44. The van der Waals surface area contributed by atoms with Crippen LogP contribution in [0.1, 0.15) is 30.0 Å². The van der Waals surface area contributed by atoms with E-state index in [2.05, 4.69) is 5.32 Å². The maximum atomic E-state index is 13.9. The first-order valence-corrected chi connectivity index (χ1v) is 14.1. The van der Waals surface area contributed by atoms with E-state index < -0.39 is 23.2 Å². The van der Waals surface area contributed by atoms with Gasteiger partial charge >= 0.3 is 0 Å². The fraction of sp³-hybridized carbons (Fsp3) is 0.333. The summed E-state index contributed by atoms with van der Waals surface area (Å²) in [5.74, 6) is -4.27. The van der Waals surface area contributed by atoms with E-state index in [9.17, 15) is 22.8 Å². The van der Waals surface area contributed by atoms with E-state index in [0.29, 0.717) is 38.0 Å². The molecule has 0 radical (unpaired) electrons. The van der Waals surface area contributed by atoms with Crippen molar-refractivity contribution in [1.82, 2.24) is 15.1 Å². The fourth-order valence-corrected chi connectivity index (χ4v) is 5.66. The fourth-order valence-electron chi connectivity index (χ4n) is 5.66. The maximum absolute atomic E-state index is 13.9. The monoisotopic (exact) mass is 577 g/mol. The first kappa shape index (κ1) is 29.4. The van der Waals surface area contributed by atoms with Crippen molar-refractivity contribution in [2.45, 2.75) is 38.3 Å². The van der Waals surface area contributed by atoms with Gasteiger partial charge in [-0.05, 0) is 47.2 Å². The van der Waals surface area contributed by atoms with E-state index in [1.807, 2.05) is 54.6 Å². The smallest absolute Gasteiger partial charge is 0.251 e. The van der Waals surface area contributed by atoms with Crippen LogP contribution in [0.3, 0.4) is 0 Å². The molecule has 220 valence electrons. The van der Waals surface area contributed by atoms with E-state index >= 15 is 0 Å². The summed E-state index contributed by atoms with van der Waals surface area (Å²) in [6, 6.07) is 19.0. The Morgan fingerprint density at radius 2 is 1.62 bits per heavy atom. The normalized spacial score (nSPS) is 18.2. The second kappa shape index (κ2) is 12.8. The number of amides is 2. The number of likely N-dealkylation sites (N-methyl/N-ethyl adjacent to an activating group) is 1. The molecule has 1 saturated heterocycles. The number of halogens is 3. The van der Waals surface area contributed by atoms with Gasteiger partial charge in [-0.1, -0.05) is 54.6 Å². The van der Waals surface area contributed by atoms with E-state index in [0.717, 1.165) is 40.8 Å². The van der Waals surface area contributed by atoms with Gasteiger partial charge in [0.1, 0.15) is 0 Å². The van der Waals surface area contributed by atoms with Crippen LogP contribution in [0.15, 0.2) is 72.3 Å². The molecule has 3 aromatic carbocycles. The van der Waals surface area contributed by atoms with Gasteiger partial charge < -0.3 is 19.9 Å². The Balaban J connectivity index is 1.35. The van der Waals surface area contributed by atoms with Crippen molar-refractivity contribution in [2.75, 3.05) is 33.3 Å².